The molecule has 1 aliphatic carbocycles. The van der Waals surface area contributed by atoms with Gasteiger partial charge in [0.25, 0.3) is 0 Å². The molecule has 2 N–H and O–H groups in total. The summed E-state index contributed by atoms with van der Waals surface area (Å²) in [6.45, 7) is 1.46. The van der Waals surface area contributed by atoms with E-state index in [1.807, 2.05) is 0 Å². The molecular formula is C12H17FN2O. The Kier molecular flexibility index (Phi) is 3.29. The van der Waals surface area contributed by atoms with E-state index in [1.54, 1.807) is 13.2 Å². The van der Waals surface area contributed by atoms with Gasteiger partial charge in [-0.15, -0.1) is 0 Å². The molecule has 88 valence electrons. The molecule has 3 nitrogen and oxygen atoms in total. The maximum atomic E-state index is 13.0. The highest BCUT2D eigenvalue weighted by Gasteiger charge is 2.29. The lowest BCUT2D eigenvalue weighted by Gasteiger charge is -2.25. The molecule has 1 aromatic rings. The number of nitrogen functional groups attached to an aromatic ring is 1. The fourth-order valence-corrected chi connectivity index (χ4v) is 1.86. The van der Waals surface area contributed by atoms with Gasteiger partial charge in [-0.2, -0.15) is 0 Å². The number of ether oxygens (including phenoxy) is 1. The Hall–Kier alpha value is -1.29. The van der Waals surface area contributed by atoms with Crippen LogP contribution in [0, 0.1) is 5.82 Å². The zero-order valence-corrected chi connectivity index (χ0v) is 9.45. The first kappa shape index (κ1) is 11.2. The van der Waals surface area contributed by atoms with Gasteiger partial charge in [-0.25, -0.2) is 4.39 Å². The number of nitrogens with two attached hydrogens (primary N) is 1. The van der Waals surface area contributed by atoms with Gasteiger partial charge in [-0.3, -0.25) is 0 Å². The molecule has 2 rings (SSSR count). The lowest BCUT2D eigenvalue weighted by Crippen LogP contribution is -2.30. The summed E-state index contributed by atoms with van der Waals surface area (Å²) in [6, 6.07) is 5.12. The summed E-state index contributed by atoms with van der Waals surface area (Å²) in [5.41, 5.74) is 7.26. The first-order chi connectivity index (χ1) is 7.72. The van der Waals surface area contributed by atoms with Gasteiger partial charge in [0.1, 0.15) is 5.82 Å². The van der Waals surface area contributed by atoms with Crippen molar-refractivity contribution >= 4 is 11.4 Å². The average Bonchev–Trinajstić information content (AvgIpc) is 3.05. The number of methoxy groups -OCH3 is 1. The molecule has 0 aromatic heterocycles. The van der Waals surface area contributed by atoms with Crippen LogP contribution in [-0.2, 0) is 4.74 Å². The summed E-state index contributed by atoms with van der Waals surface area (Å²) in [7, 11) is 1.68. The van der Waals surface area contributed by atoms with Crippen molar-refractivity contribution in [1.29, 1.82) is 0 Å². The largest absolute Gasteiger partial charge is 0.397 e. The molecule has 0 heterocycles. The Morgan fingerprint density at radius 1 is 1.50 bits per heavy atom. The van der Waals surface area contributed by atoms with Crippen molar-refractivity contribution in [2.24, 2.45) is 0 Å². The van der Waals surface area contributed by atoms with Crippen molar-refractivity contribution < 1.29 is 9.13 Å². The number of nitrogens with zero attached hydrogens (tertiary/aromatic N) is 1. The molecule has 0 aliphatic heterocycles. The lowest BCUT2D eigenvalue weighted by atomic mass is 10.2. The Balaban J connectivity index is 2.17. The number of rotatable bonds is 5. The third-order valence-electron chi connectivity index (χ3n) is 2.82. The minimum atomic E-state index is -0.288. The summed E-state index contributed by atoms with van der Waals surface area (Å²) < 4.78 is 18.0. The summed E-state index contributed by atoms with van der Waals surface area (Å²) >= 11 is 0. The SMILES string of the molecule is COCCN(c1ccc(F)cc1N)C1CC1. The molecule has 0 radical (unpaired) electrons. The van der Waals surface area contributed by atoms with E-state index < -0.39 is 0 Å². The Bertz CT molecular complexity index is 366. The smallest absolute Gasteiger partial charge is 0.125 e. The van der Waals surface area contributed by atoms with Crippen molar-refractivity contribution in [3.8, 4) is 0 Å². The van der Waals surface area contributed by atoms with Crippen molar-refractivity contribution in [3.63, 3.8) is 0 Å². The van der Waals surface area contributed by atoms with Gasteiger partial charge in [0, 0.05) is 19.7 Å². The minimum absolute atomic E-state index is 0.288. The number of benzene rings is 1. The fourth-order valence-electron chi connectivity index (χ4n) is 1.86. The molecular weight excluding hydrogens is 207 g/mol. The van der Waals surface area contributed by atoms with Crippen LogP contribution in [0.25, 0.3) is 0 Å². The van der Waals surface area contributed by atoms with Gasteiger partial charge in [0.2, 0.25) is 0 Å². The molecule has 0 unspecified atom stereocenters. The topological polar surface area (TPSA) is 38.5 Å². The summed E-state index contributed by atoms with van der Waals surface area (Å²) in [4.78, 5) is 2.21. The zero-order valence-electron chi connectivity index (χ0n) is 9.45. The summed E-state index contributed by atoms with van der Waals surface area (Å²) in [6.07, 6.45) is 2.36. The third-order valence-corrected chi connectivity index (χ3v) is 2.82. The highest BCUT2D eigenvalue weighted by atomic mass is 19.1. The molecule has 4 heteroatoms. The molecule has 0 bridgehead atoms. The normalized spacial score (nSPS) is 15.1. The quantitative estimate of drug-likeness (QED) is 0.778. The van der Waals surface area contributed by atoms with Crippen LogP contribution in [0.2, 0.25) is 0 Å². The number of hydrogen-bond donors (Lipinski definition) is 1. The number of halogens is 1. The predicted molar refractivity (Wildman–Crippen MR) is 63.1 cm³/mol. The van der Waals surface area contributed by atoms with Crippen LogP contribution in [0.1, 0.15) is 12.8 Å². The maximum absolute atomic E-state index is 13.0. The van der Waals surface area contributed by atoms with Gasteiger partial charge in [0.15, 0.2) is 0 Å². The van der Waals surface area contributed by atoms with E-state index >= 15 is 0 Å². The van der Waals surface area contributed by atoms with Gasteiger partial charge in [-0.1, -0.05) is 0 Å². The monoisotopic (exact) mass is 224 g/mol. The van der Waals surface area contributed by atoms with E-state index in [1.165, 1.54) is 25.0 Å². The standard InChI is InChI=1S/C12H17FN2O/c1-16-7-6-15(10-3-4-10)12-5-2-9(13)8-11(12)14/h2,5,8,10H,3-4,6-7,14H2,1H3. The van der Waals surface area contributed by atoms with Crippen LogP contribution < -0.4 is 10.6 Å². The van der Waals surface area contributed by atoms with Crippen LogP contribution in [0.4, 0.5) is 15.8 Å². The van der Waals surface area contributed by atoms with Crippen molar-refractivity contribution in [1.82, 2.24) is 0 Å². The van der Waals surface area contributed by atoms with Crippen LogP contribution in [0.15, 0.2) is 18.2 Å². The second kappa shape index (κ2) is 4.70. The molecule has 1 aromatic carbocycles. The molecule has 0 saturated heterocycles. The first-order valence-corrected chi connectivity index (χ1v) is 5.53. The maximum Gasteiger partial charge on any atom is 0.125 e. The van der Waals surface area contributed by atoms with Crippen LogP contribution in [0.3, 0.4) is 0 Å². The summed E-state index contributed by atoms with van der Waals surface area (Å²) in [5.74, 6) is -0.288. The van der Waals surface area contributed by atoms with E-state index in [0.29, 0.717) is 18.3 Å². The van der Waals surface area contributed by atoms with Crippen molar-refractivity contribution in [3.05, 3.63) is 24.0 Å². The van der Waals surface area contributed by atoms with Crippen molar-refractivity contribution in [2.75, 3.05) is 30.9 Å². The highest BCUT2D eigenvalue weighted by Crippen LogP contribution is 2.34. The van der Waals surface area contributed by atoms with Gasteiger partial charge < -0.3 is 15.4 Å². The first-order valence-electron chi connectivity index (χ1n) is 5.53. The number of anilines is 2. The van der Waals surface area contributed by atoms with Crippen LogP contribution in [-0.4, -0.2) is 26.3 Å². The fraction of sp³-hybridized carbons (Fsp3) is 0.500. The van der Waals surface area contributed by atoms with Gasteiger partial charge >= 0.3 is 0 Å². The Morgan fingerprint density at radius 2 is 2.25 bits per heavy atom. The number of hydrogen-bond acceptors (Lipinski definition) is 3. The third kappa shape index (κ3) is 2.44. The molecule has 1 fully saturated rings. The Labute approximate surface area is 95.0 Å². The van der Waals surface area contributed by atoms with E-state index in [2.05, 4.69) is 4.90 Å². The second-order valence-electron chi connectivity index (χ2n) is 4.12. The molecule has 1 aliphatic rings. The van der Waals surface area contributed by atoms with E-state index in [0.717, 1.165) is 12.2 Å². The zero-order chi connectivity index (χ0) is 11.5. The van der Waals surface area contributed by atoms with E-state index in [9.17, 15) is 4.39 Å². The van der Waals surface area contributed by atoms with Crippen LogP contribution in [0.5, 0.6) is 0 Å². The lowest BCUT2D eigenvalue weighted by molar-refractivity contribution is 0.205. The minimum Gasteiger partial charge on any atom is -0.397 e. The summed E-state index contributed by atoms with van der Waals surface area (Å²) in [5, 5.41) is 0. The Morgan fingerprint density at radius 3 is 2.81 bits per heavy atom. The van der Waals surface area contributed by atoms with Crippen LogP contribution >= 0.6 is 0 Å². The second-order valence-corrected chi connectivity index (χ2v) is 4.12. The highest BCUT2D eigenvalue weighted by molar-refractivity contribution is 5.68. The van der Waals surface area contributed by atoms with E-state index in [-0.39, 0.29) is 5.82 Å². The van der Waals surface area contributed by atoms with Gasteiger partial charge in [0.05, 0.1) is 18.0 Å². The molecule has 16 heavy (non-hydrogen) atoms. The van der Waals surface area contributed by atoms with Crippen molar-refractivity contribution in [2.45, 2.75) is 18.9 Å². The predicted octanol–water partition coefficient (Wildman–Crippen LogP) is 2.02. The molecule has 1 saturated carbocycles. The molecule has 0 amide bonds. The average molecular weight is 224 g/mol. The molecule has 0 atom stereocenters. The molecule has 0 spiro atoms. The van der Waals surface area contributed by atoms with E-state index in [4.69, 9.17) is 10.5 Å². The van der Waals surface area contributed by atoms with Gasteiger partial charge in [-0.05, 0) is 31.0 Å².